The summed E-state index contributed by atoms with van der Waals surface area (Å²) in [4.78, 5) is 29.2. The zero-order chi connectivity index (χ0) is 30.3. The molecule has 1 saturated heterocycles. The molecule has 4 heterocycles. The third-order valence-corrected chi connectivity index (χ3v) is 8.53. The second-order valence-electron chi connectivity index (χ2n) is 11.5. The summed E-state index contributed by atoms with van der Waals surface area (Å²) in [5.41, 5.74) is 3.95. The number of hydrogen-bond acceptors (Lipinski definition) is 7. The fourth-order valence-corrected chi connectivity index (χ4v) is 6.15. The van der Waals surface area contributed by atoms with E-state index in [4.69, 9.17) is 9.40 Å². The van der Waals surface area contributed by atoms with E-state index in [1.54, 1.807) is 0 Å². The monoisotopic (exact) mass is 592 g/mol. The zero-order valence-corrected chi connectivity index (χ0v) is 25.3. The molecule has 5 aromatic rings. The van der Waals surface area contributed by atoms with Crippen molar-refractivity contribution in [3.63, 3.8) is 0 Å². The number of aromatic nitrogens is 3. The van der Waals surface area contributed by atoms with Gasteiger partial charge in [-0.25, -0.2) is 4.98 Å². The van der Waals surface area contributed by atoms with Crippen LogP contribution in [0.2, 0.25) is 0 Å². The number of aliphatic hydroxyl groups excluding tert-OH is 1. The van der Waals surface area contributed by atoms with Gasteiger partial charge in [-0.3, -0.25) is 9.78 Å². The number of nitrogens with zero attached hydrogens (tertiary/aromatic N) is 6. The van der Waals surface area contributed by atoms with Crippen LogP contribution in [0, 0.1) is 0 Å². The maximum Gasteiger partial charge on any atom is 0.253 e. The Hall–Kier alpha value is -4.47. The van der Waals surface area contributed by atoms with Gasteiger partial charge in [0.05, 0.1) is 17.6 Å². The van der Waals surface area contributed by atoms with E-state index in [1.165, 1.54) is 5.56 Å². The van der Waals surface area contributed by atoms with Crippen LogP contribution in [0.4, 0.5) is 5.95 Å². The predicted octanol–water partition coefficient (Wildman–Crippen LogP) is 5.02. The summed E-state index contributed by atoms with van der Waals surface area (Å²) >= 11 is 0. The number of furan rings is 1. The molecule has 0 bridgehead atoms. The molecule has 6 rings (SSSR count). The van der Waals surface area contributed by atoms with Crippen LogP contribution < -0.4 is 4.90 Å². The lowest BCUT2D eigenvalue weighted by Crippen LogP contribution is -2.35. The average molecular weight is 593 g/mol. The van der Waals surface area contributed by atoms with E-state index in [0.717, 1.165) is 68.3 Å². The number of amides is 1. The maximum absolute atomic E-state index is 13.1. The van der Waals surface area contributed by atoms with Gasteiger partial charge in [0.2, 0.25) is 5.95 Å². The number of rotatable bonds is 11. The van der Waals surface area contributed by atoms with Gasteiger partial charge in [-0.1, -0.05) is 30.3 Å². The van der Waals surface area contributed by atoms with Gasteiger partial charge in [-0.2, -0.15) is 0 Å². The minimum atomic E-state index is -0.110. The number of likely N-dealkylation sites (N-methyl/N-ethyl adjacent to an activating group) is 1. The number of aliphatic hydroxyl groups is 1. The highest BCUT2D eigenvalue weighted by Crippen LogP contribution is 2.27. The summed E-state index contributed by atoms with van der Waals surface area (Å²) in [6.07, 6.45) is 5.65. The van der Waals surface area contributed by atoms with Crippen molar-refractivity contribution in [1.82, 2.24) is 24.3 Å². The van der Waals surface area contributed by atoms with Crippen LogP contribution in [0.3, 0.4) is 0 Å². The first-order valence-corrected chi connectivity index (χ1v) is 15.4. The summed E-state index contributed by atoms with van der Waals surface area (Å²) in [6.45, 7) is 5.77. The molecule has 1 amide bonds. The number of anilines is 1. The van der Waals surface area contributed by atoms with Crippen molar-refractivity contribution in [2.45, 2.75) is 31.9 Å². The van der Waals surface area contributed by atoms with Crippen LogP contribution >= 0.6 is 0 Å². The van der Waals surface area contributed by atoms with Gasteiger partial charge in [0.15, 0.2) is 0 Å². The van der Waals surface area contributed by atoms with E-state index in [2.05, 4.69) is 43.6 Å². The summed E-state index contributed by atoms with van der Waals surface area (Å²) in [7, 11) is 1.90. The number of imidazole rings is 1. The highest BCUT2D eigenvalue weighted by Gasteiger charge is 2.24. The van der Waals surface area contributed by atoms with Crippen molar-refractivity contribution >= 4 is 22.9 Å². The summed E-state index contributed by atoms with van der Waals surface area (Å²) in [5.74, 6) is 2.56. The number of para-hydroxylation sites is 2. The van der Waals surface area contributed by atoms with Crippen molar-refractivity contribution in [3.8, 4) is 0 Å². The Balaban J connectivity index is 1.13. The molecule has 1 fully saturated rings. The van der Waals surface area contributed by atoms with Crippen LogP contribution in [-0.4, -0.2) is 81.7 Å². The molecule has 0 radical (unpaired) electrons. The van der Waals surface area contributed by atoms with Gasteiger partial charge >= 0.3 is 0 Å². The van der Waals surface area contributed by atoms with Crippen molar-refractivity contribution < 1.29 is 14.3 Å². The largest absolute Gasteiger partial charge is 0.462 e. The first-order valence-electron chi connectivity index (χ1n) is 15.4. The highest BCUT2D eigenvalue weighted by molar-refractivity contribution is 5.94. The summed E-state index contributed by atoms with van der Waals surface area (Å²) in [6, 6.07) is 25.6. The molecule has 1 aliphatic rings. The first kappa shape index (κ1) is 29.6. The standard InChI is InChI=1S/C35H40N6O3/c1-38(34(43)28-8-3-2-4-9-28)24-29(27-14-17-36-18-15-27)16-21-39-19-7-20-40(23-22-39)35-37-32-10-5-6-11-33(32)41(35)25-30-12-13-31(26-42)44-30/h2-6,8-15,17-18,29,42H,7,16,19-26H2,1H3. The number of fused-ring (bicyclic) bond motifs is 1. The third kappa shape index (κ3) is 6.85. The third-order valence-electron chi connectivity index (χ3n) is 8.53. The minimum absolute atomic E-state index is 0.0418. The van der Waals surface area contributed by atoms with E-state index in [1.807, 2.05) is 78.9 Å². The number of carbonyl (C=O) groups excluding carboxylic acids is 1. The first-order chi connectivity index (χ1) is 21.6. The van der Waals surface area contributed by atoms with Gasteiger partial charge < -0.3 is 28.8 Å². The SMILES string of the molecule is CN(CC(CCN1CCCN(c2nc3ccccc3n2Cc2ccc(CO)o2)CC1)c1ccncc1)C(=O)c1ccccc1. The molecule has 9 nitrogen and oxygen atoms in total. The normalized spacial score (nSPS) is 14.9. The number of carbonyl (C=O) groups is 1. The Bertz CT molecular complexity index is 1650. The van der Waals surface area contributed by atoms with Gasteiger partial charge in [-0.05, 0) is 80.0 Å². The molecular weight excluding hydrogens is 552 g/mol. The van der Waals surface area contributed by atoms with E-state index in [-0.39, 0.29) is 18.4 Å². The van der Waals surface area contributed by atoms with Crippen molar-refractivity contribution in [1.29, 1.82) is 0 Å². The molecule has 228 valence electrons. The molecule has 1 N–H and O–H groups in total. The summed E-state index contributed by atoms with van der Waals surface area (Å²) < 4.78 is 8.07. The van der Waals surface area contributed by atoms with Gasteiger partial charge in [-0.15, -0.1) is 0 Å². The van der Waals surface area contributed by atoms with Crippen molar-refractivity contribution in [2.75, 3.05) is 51.2 Å². The molecule has 0 saturated carbocycles. The number of pyridine rings is 1. The Kier molecular flexibility index (Phi) is 9.34. The number of hydrogen-bond donors (Lipinski definition) is 1. The van der Waals surface area contributed by atoms with Crippen molar-refractivity contribution in [2.24, 2.45) is 0 Å². The molecule has 3 aromatic heterocycles. The highest BCUT2D eigenvalue weighted by atomic mass is 16.4. The number of benzene rings is 2. The smallest absolute Gasteiger partial charge is 0.253 e. The average Bonchev–Trinajstić information content (AvgIpc) is 3.60. The Morgan fingerprint density at radius 1 is 0.932 bits per heavy atom. The molecule has 0 spiro atoms. The van der Waals surface area contributed by atoms with Crippen LogP contribution in [0.15, 0.2) is 95.7 Å². The van der Waals surface area contributed by atoms with Crippen LogP contribution in [0.5, 0.6) is 0 Å². The Morgan fingerprint density at radius 2 is 1.70 bits per heavy atom. The quantitative estimate of drug-likeness (QED) is 0.230. The zero-order valence-electron chi connectivity index (χ0n) is 25.3. The molecule has 0 aliphatic carbocycles. The molecule has 1 unspecified atom stereocenters. The maximum atomic E-state index is 13.1. The minimum Gasteiger partial charge on any atom is -0.462 e. The molecule has 44 heavy (non-hydrogen) atoms. The lowest BCUT2D eigenvalue weighted by atomic mass is 9.95. The Morgan fingerprint density at radius 3 is 2.50 bits per heavy atom. The fourth-order valence-electron chi connectivity index (χ4n) is 6.15. The summed E-state index contributed by atoms with van der Waals surface area (Å²) in [5, 5.41) is 9.47. The second-order valence-corrected chi connectivity index (χ2v) is 11.5. The molecule has 9 heteroatoms. The molecule has 1 atom stereocenters. The molecule has 2 aromatic carbocycles. The topological polar surface area (TPSA) is 90.9 Å². The Labute approximate surface area is 258 Å². The molecular formula is C35H40N6O3. The predicted molar refractivity (Wildman–Crippen MR) is 172 cm³/mol. The van der Waals surface area contributed by atoms with Crippen LogP contribution in [0.1, 0.15) is 46.2 Å². The van der Waals surface area contributed by atoms with E-state index >= 15 is 0 Å². The molecule has 1 aliphatic heterocycles. The second kappa shape index (κ2) is 13.9. The van der Waals surface area contributed by atoms with Gasteiger partial charge in [0.1, 0.15) is 18.1 Å². The fraction of sp³-hybridized carbons (Fsp3) is 0.343. The van der Waals surface area contributed by atoms with Crippen LogP contribution in [-0.2, 0) is 13.2 Å². The van der Waals surface area contributed by atoms with E-state index < -0.39 is 0 Å². The van der Waals surface area contributed by atoms with Gasteiger partial charge in [0, 0.05) is 57.1 Å². The lowest BCUT2D eigenvalue weighted by molar-refractivity contribution is 0.0782. The van der Waals surface area contributed by atoms with Crippen LogP contribution in [0.25, 0.3) is 11.0 Å². The van der Waals surface area contributed by atoms with E-state index in [0.29, 0.717) is 24.4 Å². The van der Waals surface area contributed by atoms with Crippen molar-refractivity contribution in [3.05, 3.63) is 114 Å². The lowest BCUT2D eigenvalue weighted by Gasteiger charge is -2.28. The van der Waals surface area contributed by atoms with E-state index in [9.17, 15) is 9.90 Å². The van der Waals surface area contributed by atoms with Gasteiger partial charge in [0.25, 0.3) is 5.91 Å².